The third kappa shape index (κ3) is 2.08. The Hall–Kier alpha value is -0.261. The normalized spacial score (nSPS) is 11.5. The Kier molecular flexibility index (Phi) is 2.41. The van der Waals surface area contributed by atoms with E-state index in [4.69, 9.17) is 0 Å². The monoisotopic (exact) mass is 213 g/mol. The zero-order chi connectivity index (χ0) is 8.48. The van der Waals surface area contributed by atoms with Gasteiger partial charge in [-0.05, 0) is 0 Å². The fourth-order valence-corrected chi connectivity index (χ4v) is 2.04. The molecule has 0 saturated carbocycles. The Bertz CT molecular complexity index is 245. The predicted molar refractivity (Wildman–Crippen MR) is 50.5 cm³/mol. The Labute approximate surface area is 76.8 Å². The Morgan fingerprint density at radius 1 is 1.09 bits per heavy atom. The molecule has 1 heteroatoms. The van der Waals surface area contributed by atoms with Crippen molar-refractivity contribution >= 4 is 20.5 Å². The van der Waals surface area contributed by atoms with Gasteiger partial charge in [0, 0.05) is 0 Å². The van der Waals surface area contributed by atoms with Crippen LogP contribution in [0.15, 0.2) is 24.3 Å². The van der Waals surface area contributed by atoms with Crippen molar-refractivity contribution in [2.45, 2.75) is 26.2 Å². The molecule has 0 nitrogen and oxygen atoms in total. The van der Waals surface area contributed by atoms with Gasteiger partial charge in [0.15, 0.2) is 0 Å². The topological polar surface area (TPSA) is 0 Å². The molecule has 0 saturated heterocycles. The van der Waals surface area contributed by atoms with Gasteiger partial charge in [0.2, 0.25) is 0 Å². The van der Waals surface area contributed by atoms with E-state index in [-0.39, 0.29) is 5.41 Å². The Morgan fingerprint density at radius 3 is 2.00 bits per heavy atom. The number of hydrogen-bond acceptors (Lipinski definition) is 0. The van der Waals surface area contributed by atoms with Gasteiger partial charge in [-0.1, -0.05) is 0 Å². The summed E-state index contributed by atoms with van der Waals surface area (Å²) in [5.41, 5.74) is 1.64. The number of hydrogen-bond donors (Lipinski definition) is 0. The third-order valence-corrected chi connectivity index (χ3v) is 2.44. The van der Waals surface area contributed by atoms with E-state index in [1.165, 1.54) is 10.0 Å². The van der Waals surface area contributed by atoms with Crippen molar-refractivity contribution < 1.29 is 0 Å². The van der Waals surface area contributed by atoms with Crippen LogP contribution >= 0.6 is 0 Å². The molecule has 0 aromatic heterocycles. The molecule has 1 aromatic rings. The van der Waals surface area contributed by atoms with E-state index in [1.807, 2.05) is 0 Å². The van der Waals surface area contributed by atoms with Gasteiger partial charge in [0.05, 0.1) is 0 Å². The molecule has 1 aromatic carbocycles. The first-order valence-corrected chi connectivity index (χ1v) is 4.64. The Morgan fingerprint density at radius 2 is 1.64 bits per heavy atom. The third-order valence-electron chi connectivity index (χ3n) is 1.70. The molecule has 0 amide bonds. The van der Waals surface area contributed by atoms with Crippen LogP contribution in [0, 0.1) is 0 Å². The van der Waals surface area contributed by atoms with Gasteiger partial charge in [0.25, 0.3) is 0 Å². The van der Waals surface area contributed by atoms with E-state index in [0.717, 1.165) is 0 Å². The van der Waals surface area contributed by atoms with E-state index in [9.17, 15) is 0 Å². The van der Waals surface area contributed by atoms with Crippen molar-refractivity contribution in [3.63, 3.8) is 0 Å². The summed E-state index contributed by atoms with van der Waals surface area (Å²) in [5, 5.41) is 0. The second-order valence-corrected chi connectivity index (χ2v) is 4.67. The van der Waals surface area contributed by atoms with Gasteiger partial charge in [0.1, 0.15) is 0 Å². The zero-order valence-corrected chi connectivity index (χ0v) is 8.93. The molecule has 0 heterocycles. The van der Waals surface area contributed by atoms with Crippen LogP contribution < -0.4 is 4.46 Å². The van der Waals surface area contributed by atoms with Gasteiger partial charge in [-0.25, -0.2) is 0 Å². The summed E-state index contributed by atoms with van der Waals surface area (Å²) >= 11 is 3.08. The molecule has 0 unspecified atom stereocenters. The van der Waals surface area contributed by atoms with Crippen LogP contribution in [0.25, 0.3) is 0 Å². The molecule has 11 heavy (non-hydrogen) atoms. The minimum absolute atomic E-state index is 0.252. The summed E-state index contributed by atoms with van der Waals surface area (Å²) in [6, 6.07) is 8.43. The Balaban J connectivity index is 3.14. The number of rotatable bonds is 0. The molecule has 0 aliphatic carbocycles. The van der Waals surface area contributed by atoms with Gasteiger partial charge in [-0.3, -0.25) is 0 Å². The van der Waals surface area contributed by atoms with Crippen molar-refractivity contribution in [3.8, 4) is 0 Å². The molecular weight excluding hydrogens is 199 g/mol. The fourth-order valence-electron chi connectivity index (χ4n) is 1.09. The summed E-state index contributed by atoms with van der Waals surface area (Å²) < 4.78 is 1.26. The standard InChI is InChI=1S/C10H13Se/c1-10(2,3)8-6-4-5-7-9(8)11/h4-7H,1-3H3. The summed E-state index contributed by atoms with van der Waals surface area (Å²) in [4.78, 5) is 0. The summed E-state index contributed by atoms with van der Waals surface area (Å²) in [6.07, 6.45) is 0. The van der Waals surface area contributed by atoms with Crippen molar-refractivity contribution in [3.05, 3.63) is 29.8 Å². The van der Waals surface area contributed by atoms with E-state index in [2.05, 4.69) is 61.0 Å². The van der Waals surface area contributed by atoms with Gasteiger partial charge in [-0.15, -0.1) is 0 Å². The van der Waals surface area contributed by atoms with Crippen LogP contribution in [0.4, 0.5) is 0 Å². The van der Waals surface area contributed by atoms with E-state index in [1.54, 1.807) is 0 Å². The second kappa shape index (κ2) is 3.00. The van der Waals surface area contributed by atoms with E-state index >= 15 is 0 Å². The average molecular weight is 212 g/mol. The van der Waals surface area contributed by atoms with Crippen LogP contribution in [0.5, 0.6) is 0 Å². The fraction of sp³-hybridized carbons (Fsp3) is 0.400. The molecule has 0 aliphatic rings. The first kappa shape index (κ1) is 8.83. The summed E-state index contributed by atoms with van der Waals surface area (Å²) in [5.74, 6) is 0. The van der Waals surface area contributed by atoms with Crippen LogP contribution in [-0.2, 0) is 5.41 Å². The molecule has 0 aliphatic heterocycles. The van der Waals surface area contributed by atoms with E-state index in [0.29, 0.717) is 0 Å². The maximum absolute atomic E-state index is 3.08. The van der Waals surface area contributed by atoms with Gasteiger partial charge < -0.3 is 0 Å². The second-order valence-electron chi connectivity index (χ2n) is 3.75. The van der Waals surface area contributed by atoms with Gasteiger partial charge >= 0.3 is 76.5 Å². The SMILES string of the molecule is CC(C)(C)c1ccccc1[Se]. The van der Waals surface area contributed by atoms with Gasteiger partial charge in [-0.2, -0.15) is 0 Å². The van der Waals surface area contributed by atoms with Crippen molar-refractivity contribution in [1.82, 2.24) is 0 Å². The van der Waals surface area contributed by atoms with E-state index < -0.39 is 0 Å². The average Bonchev–Trinajstić information content (AvgIpc) is 1.86. The molecule has 0 fully saturated rings. The molecule has 0 N–H and O–H groups in total. The van der Waals surface area contributed by atoms with Crippen molar-refractivity contribution in [2.24, 2.45) is 0 Å². The van der Waals surface area contributed by atoms with Crippen molar-refractivity contribution in [2.75, 3.05) is 0 Å². The predicted octanol–water partition coefficient (Wildman–Crippen LogP) is 1.78. The molecule has 0 atom stereocenters. The van der Waals surface area contributed by atoms with Crippen LogP contribution in [0.1, 0.15) is 26.3 Å². The molecular formula is C10H13Se. The molecule has 59 valence electrons. The maximum atomic E-state index is 3.08. The molecule has 0 bridgehead atoms. The quantitative estimate of drug-likeness (QED) is 0.575. The summed E-state index contributed by atoms with van der Waals surface area (Å²) in [6.45, 7) is 6.68. The summed E-state index contributed by atoms with van der Waals surface area (Å²) in [7, 11) is 0. The number of benzene rings is 1. The van der Waals surface area contributed by atoms with Crippen molar-refractivity contribution in [1.29, 1.82) is 0 Å². The van der Waals surface area contributed by atoms with Crippen LogP contribution in [0.3, 0.4) is 0 Å². The first-order valence-electron chi connectivity index (χ1n) is 3.78. The molecule has 1 rings (SSSR count). The van der Waals surface area contributed by atoms with Crippen LogP contribution in [-0.4, -0.2) is 16.0 Å². The first-order chi connectivity index (χ1) is 5.02. The minimum atomic E-state index is 0.252. The molecule has 0 spiro atoms. The van der Waals surface area contributed by atoms with Crippen LogP contribution in [0.2, 0.25) is 0 Å². The zero-order valence-electron chi connectivity index (χ0n) is 7.22. The molecule has 1 radical (unpaired) electrons.